The van der Waals surface area contributed by atoms with Crippen LogP contribution in [0, 0.1) is 0 Å². The zero-order chi connectivity index (χ0) is 19.6. The molecule has 3 rings (SSSR count). The maximum atomic E-state index is 12.5. The van der Waals surface area contributed by atoms with E-state index in [9.17, 15) is 18.0 Å². The van der Waals surface area contributed by atoms with Crippen molar-refractivity contribution in [1.29, 1.82) is 0 Å². The van der Waals surface area contributed by atoms with Crippen LogP contribution in [-0.2, 0) is 28.4 Å². The van der Waals surface area contributed by atoms with E-state index in [2.05, 4.69) is 14.6 Å². The van der Waals surface area contributed by atoms with Crippen molar-refractivity contribution < 1.29 is 17.9 Å². The molecular weight excluding hydrogens is 370 g/mol. The molecule has 0 aliphatic carbocycles. The van der Waals surface area contributed by atoms with E-state index >= 15 is 0 Å². The fourth-order valence-corrected chi connectivity index (χ4v) is 3.63. The normalized spacial score (nSPS) is 11.5. The summed E-state index contributed by atoms with van der Waals surface area (Å²) < 4.78 is 33.3. The highest BCUT2D eigenvalue weighted by Crippen LogP contribution is 2.15. The van der Waals surface area contributed by atoms with Gasteiger partial charge in [-0.05, 0) is 30.3 Å². The molecule has 0 fully saturated rings. The fraction of sp³-hybridized carbons (Fsp3) is 0.167. The molecule has 1 heterocycles. The van der Waals surface area contributed by atoms with E-state index in [4.69, 9.17) is 0 Å². The molecular formula is C18H17N3O5S. The molecule has 0 amide bonds. The number of methoxy groups -OCH3 is 1. The van der Waals surface area contributed by atoms with Crippen LogP contribution in [0.15, 0.2) is 58.2 Å². The quantitative estimate of drug-likeness (QED) is 0.659. The molecule has 0 saturated carbocycles. The molecule has 0 spiro atoms. The van der Waals surface area contributed by atoms with Crippen LogP contribution in [0.3, 0.4) is 0 Å². The summed E-state index contributed by atoms with van der Waals surface area (Å²) in [4.78, 5) is 23.6. The number of aryl methyl sites for hydroxylation is 1. The third-order valence-electron chi connectivity index (χ3n) is 4.05. The van der Waals surface area contributed by atoms with Gasteiger partial charge in [-0.2, -0.15) is 5.10 Å². The number of carbonyl (C=O) groups is 1. The topological polar surface area (TPSA) is 107 Å². The molecule has 0 bridgehead atoms. The Morgan fingerprint density at radius 3 is 2.37 bits per heavy atom. The number of rotatable bonds is 5. The Bertz CT molecular complexity index is 1170. The predicted octanol–water partition coefficient (Wildman–Crippen LogP) is 1.20. The van der Waals surface area contributed by atoms with Crippen LogP contribution in [0.5, 0.6) is 0 Å². The largest absolute Gasteiger partial charge is 0.465 e. The van der Waals surface area contributed by atoms with Gasteiger partial charge in [0.25, 0.3) is 5.56 Å². The van der Waals surface area contributed by atoms with Crippen molar-refractivity contribution in [2.45, 2.75) is 11.4 Å². The lowest BCUT2D eigenvalue weighted by molar-refractivity contribution is 0.0600. The van der Waals surface area contributed by atoms with Gasteiger partial charge in [0.2, 0.25) is 10.0 Å². The van der Waals surface area contributed by atoms with Crippen LogP contribution in [0.4, 0.5) is 0 Å². The van der Waals surface area contributed by atoms with Gasteiger partial charge in [0.15, 0.2) is 0 Å². The third-order valence-corrected chi connectivity index (χ3v) is 5.47. The maximum Gasteiger partial charge on any atom is 0.337 e. The van der Waals surface area contributed by atoms with Gasteiger partial charge in [0, 0.05) is 12.4 Å². The number of hydrogen-bond donors (Lipinski definition) is 1. The first-order chi connectivity index (χ1) is 12.8. The minimum absolute atomic E-state index is 0.00396. The summed E-state index contributed by atoms with van der Waals surface area (Å²) in [5, 5.41) is 5.21. The number of esters is 1. The van der Waals surface area contributed by atoms with E-state index in [0.29, 0.717) is 16.5 Å². The molecule has 0 radical (unpaired) electrons. The number of nitrogens with zero attached hydrogens (tertiary/aromatic N) is 2. The van der Waals surface area contributed by atoms with E-state index in [1.807, 2.05) is 0 Å². The summed E-state index contributed by atoms with van der Waals surface area (Å²) in [6.07, 6.45) is 0. The molecule has 0 aliphatic rings. The highest BCUT2D eigenvalue weighted by molar-refractivity contribution is 7.89. The first-order valence-electron chi connectivity index (χ1n) is 7.96. The van der Waals surface area contributed by atoms with Crippen molar-refractivity contribution in [1.82, 2.24) is 14.5 Å². The summed E-state index contributed by atoms with van der Waals surface area (Å²) in [5.41, 5.74) is 0.431. The van der Waals surface area contributed by atoms with Gasteiger partial charge in [-0.3, -0.25) is 4.79 Å². The first-order valence-corrected chi connectivity index (χ1v) is 9.45. The van der Waals surface area contributed by atoms with E-state index in [1.165, 1.54) is 43.1 Å². The SMILES string of the molecule is COC(=O)c1ccc(S(=O)(=O)NCc2nn(C)c(=O)c3ccccc23)cc1. The van der Waals surface area contributed by atoms with E-state index < -0.39 is 16.0 Å². The second-order valence-corrected chi connectivity index (χ2v) is 7.53. The van der Waals surface area contributed by atoms with Crippen LogP contribution in [0.1, 0.15) is 16.1 Å². The van der Waals surface area contributed by atoms with Gasteiger partial charge in [-0.1, -0.05) is 18.2 Å². The maximum absolute atomic E-state index is 12.5. The van der Waals surface area contributed by atoms with Crippen LogP contribution in [-0.4, -0.2) is 31.3 Å². The Kier molecular flexibility index (Phi) is 5.06. The Morgan fingerprint density at radius 2 is 1.74 bits per heavy atom. The highest BCUT2D eigenvalue weighted by Gasteiger charge is 2.17. The molecule has 3 aromatic rings. The molecule has 1 aromatic heterocycles. The molecule has 0 unspecified atom stereocenters. The smallest absolute Gasteiger partial charge is 0.337 e. The number of benzene rings is 2. The van der Waals surface area contributed by atoms with Gasteiger partial charge in [-0.25, -0.2) is 22.6 Å². The average Bonchev–Trinajstić information content (AvgIpc) is 2.69. The van der Waals surface area contributed by atoms with Gasteiger partial charge in [0.05, 0.1) is 35.2 Å². The van der Waals surface area contributed by atoms with Crippen LogP contribution < -0.4 is 10.3 Å². The number of ether oxygens (including phenoxy) is 1. The first kappa shape index (κ1) is 18.7. The standard InChI is InChI=1S/C18H17N3O5S/c1-21-17(22)15-6-4-3-5-14(15)16(20-21)11-19-27(24,25)13-9-7-12(8-10-13)18(23)26-2/h3-10,19H,11H2,1-2H3. The number of carbonyl (C=O) groups excluding carboxylic acids is 1. The Morgan fingerprint density at radius 1 is 1.11 bits per heavy atom. The molecule has 2 aromatic carbocycles. The molecule has 0 atom stereocenters. The number of sulfonamides is 1. The Labute approximate surface area is 155 Å². The lowest BCUT2D eigenvalue weighted by Crippen LogP contribution is -2.27. The number of nitrogens with one attached hydrogen (secondary N) is 1. The molecule has 8 nitrogen and oxygen atoms in total. The molecule has 9 heteroatoms. The molecule has 1 N–H and O–H groups in total. The van der Waals surface area contributed by atoms with Crippen molar-refractivity contribution in [2.24, 2.45) is 7.05 Å². The third kappa shape index (κ3) is 3.74. The lowest BCUT2D eigenvalue weighted by atomic mass is 10.1. The van der Waals surface area contributed by atoms with Crippen molar-refractivity contribution in [2.75, 3.05) is 7.11 Å². The molecule has 140 valence electrons. The van der Waals surface area contributed by atoms with Gasteiger partial charge < -0.3 is 4.74 Å². The van der Waals surface area contributed by atoms with Crippen LogP contribution in [0.2, 0.25) is 0 Å². The molecule has 0 aliphatic heterocycles. The number of aromatic nitrogens is 2. The summed E-state index contributed by atoms with van der Waals surface area (Å²) in [6, 6.07) is 12.3. The minimum atomic E-state index is -3.83. The Hall–Kier alpha value is -3.04. The van der Waals surface area contributed by atoms with Crippen LogP contribution in [0.25, 0.3) is 10.8 Å². The van der Waals surface area contributed by atoms with E-state index in [-0.39, 0.29) is 22.6 Å². The minimum Gasteiger partial charge on any atom is -0.465 e. The van der Waals surface area contributed by atoms with E-state index in [0.717, 1.165) is 0 Å². The summed E-state index contributed by atoms with van der Waals surface area (Å²) in [6.45, 7) is -0.0876. The zero-order valence-corrected chi connectivity index (χ0v) is 15.5. The monoisotopic (exact) mass is 387 g/mol. The second kappa shape index (κ2) is 7.29. The second-order valence-electron chi connectivity index (χ2n) is 5.76. The fourth-order valence-electron chi connectivity index (χ4n) is 2.64. The van der Waals surface area contributed by atoms with Crippen molar-refractivity contribution >= 4 is 26.8 Å². The van der Waals surface area contributed by atoms with E-state index in [1.54, 1.807) is 24.3 Å². The summed E-state index contributed by atoms with van der Waals surface area (Å²) in [7, 11) is -1.07. The van der Waals surface area contributed by atoms with Crippen molar-refractivity contribution in [3.63, 3.8) is 0 Å². The molecule has 0 saturated heterocycles. The predicted molar refractivity (Wildman–Crippen MR) is 98.8 cm³/mol. The van der Waals surface area contributed by atoms with Gasteiger partial charge in [-0.15, -0.1) is 0 Å². The molecule has 27 heavy (non-hydrogen) atoms. The van der Waals surface area contributed by atoms with Gasteiger partial charge in [0.1, 0.15) is 0 Å². The summed E-state index contributed by atoms with van der Waals surface area (Å²) >= 11 is 0. The highest BCUT2D eigenvalue weighted by atomic mass is 32.2. The average molecular weight is 387 g/mol. The lowest BCUT2D eigenvalue weighted by Gasteiger charge is -2.10. The zero-order valence-electron chi connectivity index (χ0n) is 14.7. The van der Waals surface area contributed by atoms with Crippen LogP contribution >= 0.6 is 0 Å². The Balaban J connectivity index is 1.88. The van der Waals surface area contributed by atoms with Gasteiger partial charge >= 0.3 is 5.97 Å². The number of fused-ring (bicyclic) bond motifs is 1. The summed E-state index contributed by atoms with van der Waals surface area (Å²) in [5.74, 6) is -0.548. The number of hydrogen-bond acceptors (Lipinski definition) is 6. The van der Waals surface area contributed by atoms with Crippen molar-refractivity contribution in [3.05, 3.63) is 70.1 Å². The van der Waals surface area contributed by atoms with Crippen molar-refractivity contribution in [3.8, 4) is 0 Å².